The largest absolute Gasteiger partial charge is 0.461 e. The fraction of sp³-hybridized carbons (Fsp3) is 0.350. The number of carbonyl (C=O) groups excluding carboxylic acids is 1. The monoisotopic (exact) mass is 385 g/mol. The number of nitrogens with one attached hydrogen (secondary N) is 1. The van der Waals surface area contributed by atoms with Crippen LogP contribution in [-0.4, -0.2) is 27.2 Å². The third-order valence-electron chi connectivity index (χ3n) is 4.71. The number of ether oxygens (including phenoxy) is 1. The van der Waals surface area contributed by atoms with Gasteiger partial charge in [-0.3, -0.25) is 4.79 Å². The van der Waals surface area contributed by atoms with Crippen molar-refractivity contribution in [2.45, 2.75) is 38.5 Å². The maximum atomic E-state index is 12.8. The van der Waals surface area contributed by atoms with Crippen molar-refractivity contribution in [1.82, 2.24) is 14.6 Å². The van der Waals surface area contributed by atoms with Gasteiger partial charge in [0.15, 0.2) is 5.69 Å². The molecule has 0 saturated heterocycles. The second-order valence-corrected chi connectivity index (χ2v) is 7.26. The maximum Gasteiger partial charge on any atom is 0.359 e. The minimum Gasteiger partial charge on any atom is -0.461 e. The van der Waals surface area contributed by atoms with Crippen LogP contribution in [0, 0.1) is 0 Å². The van der Waals surface area contributed by atoms with E-state index in [-0.39, 0.29) is 17.2 Å². The Balaban J connectivity index is 1.81. The molecule has 0 amide bonds. The Morgan fingerprint density at radius 3 is 2.93 bits per heavy atom. The van der Waals surface area contributed by atoms with Crippen molar-refractivity contribution in [2.24, 2.45) is 0 Å². The van der Waals surface area contributed by atoms with Crippen molar-refractivity contribution in [2.75, 3.05) is 6.61 Å². The molecule has 0 bridgehead atoms. The summed E-state index contributed by atoms with van der Waals surface area (Å²) in [6, 6.07) is 7.21. The number of hydrogen-bond acceptors (Lipinski definition) is 4. The first-order valence-corrected chi connectivity index (χ1v) is 9.55. The summed E-state index contributed by atoms with van der Waals surface area (Å²) in [5, 5.41) is 4.99. The molecular weight excluding hydrogens is 366 g/mol. The SMILES string of the molecule is CCCCOC(=O)c1nn2cc(-c3cccc(Cl)c3)[nH]c(=O)c2c1C1CC1. The number of H-pyrrole nitrogens is 1. The highest BCUT2D eigenvalue weighted by molar-refractivity contribution is 6.30. The van der Waals surface area contributed by atoms with E-state index in [0.717, 1.165) is 31.2 Å². The molecule has 3 aromatic rings. The number of aromatic amines is 1. The molecule has 0 spiro atoms. The van der Waals surface area contributed by atoms with Gasteiger partial charge in [0, 0.05) is 16.1 Å². The molecule has 1 fully saturated rings. The van der Waals surface area contributed by atoms with Gasteiger partial charge in [0.05, 0.1) is 18.5 Å². The van der Waals surface area contributed by atoms with Crippen LogP contribution in [0.4, 0.5) is 0 Å². The highest BCUT2D eigenvalue weighted by Gasteiger charge is 2.34. The molecule has 6 nitrogen and oxygen atoms in total. The zero-order chi connectivity index (χ0) is 19.0. The number of carbonyl (C=O) groups is 1. The van der Waals surface area contributed by atoms with Crippen molar-refractivity contribution in [3.63, 3.8) is 0 Å². The van der Waals surface area contributed by atoms with E-state index < -0.39 is 5.97 Å². The van der Waals surface area contributed by atoms with Gasteiger partial charge in [0.1, 0.15) is 5.52 Å². The molecule has 27 heavy (non-hydrogen) atoms. The third kappa shape index (κ3) is 3.49. The van der Waals surface area contributed by atoms with Crippen molar-refractivity contribution < 1.29 is 9.53 Å². The third-order valence-corrected chi connectivity index (χ3v) is 4.94. The Hall–Kier alpha value is -2.60. The van der Waals surface area contributed by atoms with Crippen molar-refractivity contribution in [3.05, 3.63) is 57.1 Å². The predicted molar refractivity (Wildman–Crippen MR) is 103 cm³/mol. The molecule has 1 aliphatic carbocycles. The number of esters is 1. The van der Waals surface area contributed by atoms with E-state index in [9.17, 15) is 9.59 Å². The highest BCUT2D eigenvalue weighted by atomic mass is 35.5. The number of aromatic nitrogens is 3. The lowest BCUT2D eigenvalue weighted by Gasteiger charge is -2.04. The van der Waals surface area contributed by atoms with E-state index in [2.05, 4.69) is 10.1 Å². The normalized spacial score (nSPS) is 13.9. The van der Waals surface area contributed by atoms with Gasteiger partial charge in [0.25, 0.3) is 5.56 Å². The Bertz CT molecular complexity index is 1070. The molecule has 1 saturated carbocycles. The molecule has 7 heteroatoms. The van der Waals surface area contributed by atoms with Crippen molar-refractivity contribution >= 4 is 23.1 Å². The molecule has 1 aromatic carbocycles. The molecule has 2 aromatic heterocycles. The lowest BCUT2D eigenvalue weighted by Crippen LogP contribution is -2.12. The van der Waals surface area contributed by atoms with Gasteiger partial charge in [-0.05, 0) is 37.3 Å². The van der Waals surface area contributed by atoms with Crippen LogP contribution in [0.2, 0.25) is 5.02 Å². The van der Waals surface area contributed by atoms with E-state index in [0.29, 0.717) is 28.4 Å². The molecular formula is C20H20ClN3O3. The maximum absolute atomic E-state index is 12.8. The van der Waals surface area contributed by atoms with Gasteiger partial charge in [-0.2, -0.15) is 5.10 Å². The molecule has 2 heterocycles. The molecule has 0 unspecified atom stereocenters. The van der Waals surface area contributed by atoms with E-state index in [4.69, 9.17) is 16.3 Å². The number of unbranched alkanes of at least 4 members (excludes halogenated alkanes) is 1. The Kier molecular flexibility index (Phi) is 4.74. The second-order valence-electron chi connectivity index (χ2n) is 6.83. The summed E-state index contributed by atoms with van der Waals surface area (Å²) in [5.74, 6) is -0.271. The van der Waals surface area contributed by atoms with Crippen molar-refractivity contribution in [1.29, 1.82) is 0 Å². The summed E-state index contributed by atoms with van der Waals surface area (Å²) in [6.45, 7) is 2.39. The number of rotatable bonds is 6. The predicted octanol–water partition coefficient (Wildman–Crippen LogP) is 4.18. The van der Waals surface area contributed by atoms with Gasteiger partial charge in [-0.25, -0.2) is 9.31 Å². The summed E-state index contributed by atoms with van der Waals surface area (Å²) < 4.78 is 6.84. The average molecular weight is 386 g/mol. The van der Waals surface area contributed by atoms with Crippen LogP contribution < -0.4 is 5.56 Å². The lowest BCUT2D eigenvalue weighted by atomic mass is 10.1. The first-order valence-electron chi connectivity index (χ1n) is 9.17. The molecule has 4 rings (SSSR count). The summed E-state index contributed by atoms with van der Waals surface area (Å²) in [6.07, 6.45) is 5.36. The summed E-state index contributed by atoms with van der Waals surface area (Å²) in [7, 11) is 0. The molecule has 0 atom stereocenters. The van der Waals surface area contributed by atoms with E-state index in [1.54, 1.807) is 18.3 Å². The molecule has 1 N–H and O–H groups in total. The van der Waals surface area contributed by atoms with Crippen molar-refractivity contribution in [3.8, 4) is 11.3 Å². The van der Waals surface area contributed by atoms with Crippen LogP contribution >= 0.6 is 11.6 Å². The number of benzene rings is 1. The van der Waals surface area contributed by atoms with Gasteiger partial charge in [-0.15, -0.1) is 0 Å². The Morgan fingerprint density at radius 1 is 1.41 bits per heavy atom. The first-order chi connectivity index (χ1) is 13.1. The zero-order valence-electron chi connectivity index (χ0n) is 15.0. The topological polar surface area (TPSA) is 76.5 Å². The van der Waals surface area contributed by atoms with Gasteiger partial charge in [0.2, 0.25) is 0 Å². The van der Waals surface area contributed by atoms with Gasteiger partial charge >= 0.3 is 5.97 Å². The van der Waals surface area contributed by atoms with Crippen LogP contribution in [0.5, 0.6) is 0 Å². The molecule has 0 radical (unpaired) electrons. The molecule has 1 aliphatic rings. The zero-order valence-corrected chi connectivity index (χ0v) is 15.8. The van der Waals surface area contributed by atoms with Crippen LogP contribution in [0.3, 0.4) is 0 Å². The number of fused-ring (bicyclic) bond motifs is 1. The van der Waals surface area contributed by atoms with Crippen LogP contribution in [0.15, 0.2) is 35.3 Å². The average Bonchev–Trinajstić information content (AvgIpc) is 3.41. The highest BCUT2D eigenvalue weighted by Crippen LogP contribution is 2.43. The molecule has 0 aliphatic heterocycles. The quantitative estimate of drug-likeness (QED) is 0.510. The summed E-state index contributed by atoms with van der Waals surface area (Å²) in [5.41, 5.74) is 2.47. The fourth-order valence-corrected chi connectivity index (χ4v) is 3.38. The summed E-state index contributed by atoms with van der Waals surface area (Å²) in [4.78, 5) is 28.2. The minimum absolute atomic E-state index is 0.189. The van der Waals surface area contributed by atoms with E-state index in [1.807, 2.05) is 19.1 Å². The Labute approximate surface area is 161 Å². The minimum atomic E-state index is -0.460. The summed E-state index contributed by atoms with van der Waals surface area (Å²) >= 11 is 6.06. The van der Waals surface area contributed by atoms with E-state index in [1.165, 1.54) is 4.52 Å². The van der Waals surface area contributed by atoms with Crippen LogP contribution in [-0.2, 0) is 4.74 Å². The standard InChI is InChI=1S/C20H20ClN3O3/c1-2-3-9-27-20(26)17-16(12-7-8-12)18-19(25)22-15(11-24(18)23-17)13-5-4-6-14(21)10-13/h4-6,10-12H,2-3,7-9H2,1H3,(H,22,25). The van der Waals surface area contributed by atoms with Crippen LogP contribution in [0.1, 0.15) is 54.6 Å². The van der Waals surface area contributed by atoms with Crippen LogP contribution in [0.25, 0.3) is 16.8 Å². The number of nitrogens with zero attached hydrogens (tertiary/aromatic N) is 2. The lowest BCUT2D eigenvalue weighted by molar-refractivity contribution is 0.0491. The second kappa shape index (κ2) is 7.19. The molecule has 140 valence electrons. The fourth-order valence-electron chi connectivity index (χ4n) is 3.19. The van der Waals surface area contributed by atoms with Gasteiger partial charge < -0.3 is 9.72 Å². The first kappa shape index (κ1) is 17.8. The smallest absolute Gasteiger partial charge is 0.359 e. The van der Waals surface area contributed by atoms with E-state index >= 15 is 0 Å². The number of hydrogen-bond donors (Lipinski definition) is 1. The number of halogens is 1. The Morgan fingerprint density at radius 2 is 2.22 bits per heavy atom. The van der Waals surface area contributed by atoms with Gasteiger partial charge in [-0.1, -0.05) is 37.1 Å².